The molecule has 1 aliphatic heterocycles. The van der Waals surface area contributed by atoms with Gasteiger partial charge < -0.3 is 14.4 Å². The average molecular weight is 499 g/mol. The van der Waals surface area contributed by atoms with Crippen molar-refractivity contribution in [3.8, 4) is 11.5 Å². The zero-order valence-corrected chi connectivity index (χ0v) is 20.5. The number of likely N-dealkylation sites (tertiary alicyclic amines) is 1. The molecule has 0 saturated carbocycles. The van der Waals surface area contributed by atoms with Crippen LogP contribution in [-0.2, 0) is 10.0 Å². The summed E-state index contributed by atoms with van der Waals surface area (Å²) in [6.07, 6.45) is -2.25. The van der Waals surface area contributed by atoms with Crippen molar-refractivity contribution in [2.24, 2.45) is 0 Å². The molecular formula is C26H27FN2O5S. The number of rotatable bonds is 7. The minimum atomic E-state index is -3.93. The van der Waals surface area contributed by atoms with Crippen molar-refractivity contribution in [3.05, 3.63) is 83.4 Å². The molecule has 0 aromatic heterocycles. The third-order valence-corrected chi connectivity index (χ3v) is 7.26. The highest BCUT2D eigenvalue weighted by Crippen LogP contribution is 2.28. The van der Waals surface area contributed by atoms with Crippen LogP contribution in [0, 0.1) is 13.8 Å². The summed E-state index contributed by atoms with van der Waals surface area (Å²) in [4.78, 5) is 14.4. The summed E-state index contributed by atoms with van der Waals surface area (Å²) in [5.74, 6) is 0.268. The Morgan fingerprint density at radius 1 is 1.03 bits per heavy atom. The number of nitrogens with one attached hydrogen (secondary N) is 1. The number of hydrogen-bond donors (Lipinski definition) is 1. The summed E-state index contributed by atoms with van der Waals surface area (Å²) in [5.41, 5.74) is 2.58. The second kappa shape index (κ2) is 9.95. The number of nitrogens with zero attached hydrogens (tertiary/aromatic N) is 1. The Balaban J connectivity index is 1.47. The largest absolute Gasteiger partial charge is 0.495 e. The highest BCUT2D eigenvalue weighted by molar-refractivity contribution is 7.92. The number of methoxy groups -OCH3 is 1. The smallest absolute Gasteiger partial charge is 0.265 e. The minimum absolute atomic E-state index is 0.00553. The van der Waals surface area contributed by atoms with Gasteiger partial charge in [-0.05, 0) is 49.7 Å². The molecule has 1 aliphatic rings. The van der Waals surface area contributed by atoms with E-state index in [0.717, 1.165) is 11.1 Å². The third-order valence-electron chi connectivity index (χ3n) is 5.84. The van der Waals surface area contributed by atoms with Crippen LogP contribution >= 0.6 is 0 Å². The van der Waals surface area contributed by atoms with E-state index in [9.17, 15) is 17.6 Å². The first kappa shape index (κ1) is 24.5. The molecule has 184 valence electrons. The van der Waals surface area contributed by atoms with Gasteiger partial charge >= 0.3 is 0 Å². The summed E-state index contributed by atoms with van der Waals surface area (Å²) < 4.78 is 54.0. The Bertz CT molecular complexity index is 1350. The van der Waals surface area contributed by atoms with Crippen molar-refractivity contribution >= 4 is 21.6 Å². The van der Waals surface area contributed by atoms with Gasteiger partial charge in [-0.1, -0.05) is 35.9 Å². The Kier molecular flexibility index (Phi) is 6.98. The molecule has 1 saturated heterocycles. The second-order valence-electron chi connectivity index (χ2n) is 8.48. The SMILES string of the molecule is COc1ccccc1S(=O)(=O)Nc1cccc(O[C@@H]2CN(C(=O)c3cc(C)ccc3C)C[C@H]2F)c1. The van der Waals surface area contributed by atoms with E-state index in [1.807, 2.05) is 26.0 Å². The molecule has 1 N–H and O–H groups in total. The number of ether oxygens (including phenoxy) is 2. The zero-order valence-electron chi connectivity index (χ0n) is 19.7. The average Bonchev–Trinajstić information content (AvgIpc) is 3.20. The summed E-state index contributed by atoms with van der Waals surface area (Å²) >= 11 is 0. The number of para-hydroxylation sites is 1. The molecule has 4 rings (SSSR count). The first-order valence-electron chi connectivity index (χ1n) is 11.1. The molecule has 1 heterocycles. The molecule has 0 unspecified atom stereocenters. The highest BCUT2D eigenvalue weighted by atomic mass is 32.2. The van der Waals surface area contributed by atoms with Crippen LogP contribution < -0.4 is 14.2 Å². The Labute approximate surface area is 204 Å². The lowest BCUT2D eigenvalue weighted by Crippen LogP contribution is -2.31. The summed E-state index contributed by atoms with van der Waals surface area (Å²) in [5, 5.41) is 0. The van der Waals surface area contributed by atoms with Crippen molar-refractivity contribution < 1.29 is 27.1 Å². The summed E-state index contributed by atoms with van der Waals surface area (Å²) in [7, 11) is -2.53. The maximum atomic E-state index is 14.8. The van der Waals surface area contributed by atoms with E-state index in [-0.39, 0.29) is 35.3 Å². The first-order valence-corrected chi connectivity index (χ1v) is 12.6. The van der Waals surface area contributed by atoms with Crippen LogP contribution in [0.5, 0.6) is 11.5 Å². The molecule has 9 heteroatoms. The molecule has 0 bridgehead atoms. The van der Waals surface area contributed by atoms with Gasteiger partial charge in [-0.15, -0.1) is 0 Å². The van der Waals surface area contributed by atoms with Crippen LogP contribution in [0.1, 0.15) is 21.5 Å². The summed E-state index contributed by atoms with van der Waals surface area (Å²) in [6, 6.07) is 18.1. The van der Waals surface area contributed by atoms with Crippen molar-refractivity contribution in [2.45, 2.75) is 31.0 Å². The van der Waals surface area contributed by atoms with Gasteiger partial charge in [0.05, 0.1) is 25.9 Å². The molecule has 7 nitrogen and oxygen atoms in total. The quantitative estimate of drug-likeness (QED) is 0.524. The van der Waals surface area contributed by atoms with Crippen LogP contribution in [0.15, 0.2) is 71.6 Å². The number of anilines is 1. The number of amides is 1. The Morgan fingerprint density at radius 2 is 1.80 bits per heavy atom. The van der Waals surface area contributed by atoms with Gasteiger partial charge in [0, 0.05) is 11.6 Å². The normalized spacial score (nSPS) is 17.8. The molecule has 35 heavy (non-hydrogen) atoms. The van der Waals surface area contributed by atoms with E-state index in [1.165, 1.54) is 24.1 Å². The maximum Gasteiger partial charge on any atom is 0.265 e. The number of halogens is 1. The van der Waals surface area contributed by atoms with Crippen LogP contribution in [0.3, 0.4) is 0 Å². The molecule has 3 aromatic carbocycles. The van der Waals surface area contributed by atoms with Gasteiger partial charge in [0.15, 0.2) is 6.17 Å². The van der Waals surface area contributed by atoms with Crippen molar-refractivity contribution in [1.82, 2.24) is 4.90 Å². The second-order valence-corrected chi connectivity index (χ2v) is 10.1. The Hall–Kier alpha value is -3.59. The number of alkyl halides is 1. The van der Waals surface area contributed by atoms with Crippen molar-refractivity contribution in [1.29, 1.82) is 0 Å². The number of aryl methyl sites for hydroxylation is 2. The molecule has 3 aromatic rings. The van der Waals surface area contributed by atoms with Crippen molar-refractivity contribution in [3.63, 3.8) is 0 Å². The standard InChI is InChI=1S/C26H27FN2O5S/c1-17-11-12-18(2)21(13-17)26(30)29-15-22(27)24(16-29)34-20-8-6-7-19(14-20)28-35(31,32)25-10-5-4-9-23(25)33-3/h4-14,22,24,28H,15-16H2,1-3H3/t22-,24-/m1/s1. The van der Waals surface area contributed by atoms with Crippen molar-refractivity contribution in [2.75, 3.05) is 24.9 Å². The first-order chi connectivity index (χ1) is 16.7. The van der Waals surface area contributed by atoms with Crippen LogP contribution in [-0.4, -0.2) is 51.7 Å². The lowest BCUT2D eigenvalue weighted by molar-refractivity contribution is 0.0771. The van der Waals surface area contributed by atoms with Crippen LogP contribution in [0.2, 0.25) is 0 Å². The van der Waals surface area contributed by atoms with E-state index in [0.29, 0.717) is 11.3 Å². The molecule has 0 spiro atoms. The molecule has 1 fully saturated rings. The van der Waals surface area contributed by atoms with E-state index in [2.05, 4.69) is 4.72 Å². The molecular weight excluding hydrogens is 471 g/mol. The van der Waals surface area contributed by atoms with Gasteiger partial charge in [0.1, 0.15) is 22.5 Å². The lowest BCUT2D eigenvalue weighted by Gasteiger charge is -2.18. The fraction of sp³-hybridized carbons (Fsp3) is 0.269. The third kappa shape index (κ3) is 5.40. The van der Waals surface area contributed by atoms with E-state index in [1.54, 1.807) is 42.5 Å². The van der Waals surface area contributed by atoms with Gasteiger partial charge in [0.25, 0.3) is 15.9 Å². The van der Waals surface area contributed by atoms with Gasteiger partial charge in [-0.2, -0.15) is 0 Å². The molecule has 0 radical (unpaired) electrons. The van der Waals surface area contributed by atoms with E-state index in [4.69, 9.17) is 9.47 Å². The fourth-order valence-corrected chi connectivity index (χ4v) is 5.23. The number of benzene rings is 3. The van der Waals surface area contributed by atoms with Crippen LogP contribution in [0.25, 0.3) is 0 Å². The Morgan fingerprint density at radius 3 is 2.57 bits per heavy atom. The predicted molar refractivity (Wildman–Crippen MR) is 131 cm³/mol. The summed E-state index contributed by atoms with van der Waals surface area (Å²) in [6.45, 7) is 3.77. The van der Waals surface area contributed by atoms with E-state index < -0.39 is 22.3 Å². The van der Waals surface area contributed by atoms with Gasteiger partial charge in [0.2, 0.25) is 0 Å². The number of sulfonamides is 1. The number of carbonyl (C=O) groups excluding carboxylic acids is 1. The highest BCUT2D eigenvalue weighted by Gasteiger charge is 2.37. The number of carbonyl (C=O) groups is 1. The monoisotopic (exact) mass is 498 g/mol. The molecule has 1 amide bonds. The number of hydrogen-bond acceptors (Lipinski definition) is 5. The zero-order chi connectivity index (χ0) is 25.2. The topological polar surface area (TPSA) is 84.9 Å². The van der Waals surface area contributed by atoms with Gasteiger partial charge in [-0.25, -0.2) is 12.8 Å². The van der Waals surface area contributed by atoms with Gasteiger partial charge in [-0.3, -0.25) is 9.52 Å². The molecule has 2 atom stereocenters. The molecule has 0 aliphatic carbocycles. The fourth-order valence-electron chi connectivity index (χ4n) is 4.01. The van der Waals surface area contributed by atoms with Crippen LogP contribution in [0.4, 0.5) is 10.1 Å². The predicted octanol–water partition coefficient (Wildman–Crippen LogP) is 4.35. The minimum Gasteiger partial charge on any atom is -0.495 e. The maximum absolute atomic E-state index is 14.8. The lowest BCUT2D eigenvalue weighted by atomic mass is 10.0. The van der Waals surface area contributed by atoms with E-state index >= 15 is 0 Å².